The van der Waals surface area contributed by atoms with Gasteiger partial charge in [0.1, 0.15) is 0 Å². The number of carbonyl (C=O) groups excluding carboxylic acids is 1. The second-order valence-electron chi connectivity index (χ2n) is 4.55. The maximum Gasteiger partial charge on any atom is 0.226 e. The molecule has 0 aliphatic heterocycles. The molecule has 0 fully saturated rings. The van der Waals surface area contributed by atoms with Gasteiger partial charge in [0.05, 0.1) is 6.04 Å². The van der Waals surface area contributed by atoms with Crippen LogP contribution in [0.25, 0.3) is 0 Å². The van der Waals surface area contributed by atoms with Gasteiger partial charge < -0.3 is 5.32 Å². The standard InChI is InChI=1S/C14H16ClN3O/c1-10-8-12(15)4-5-13(10)17-14(19)9-11(2)18-7-3-6-16-18/h3-8,11H,9H2,1-2H3,(H,17,19)/t11-/m0/s1. The van der Waals surface area contributed by atoms with Crippen molar-refractivity contribution in [3.05, 3.63) is 47.2 Å². The van der Waals surface area contributed by atoms with Gasteiger partial charge >= 0.3 is 0 Å². The highest BCUT2D eigenvalue weighted by Gasteiger charge is 2.12. The number of anilines is 1. The molecule has 0 unspecified atom stereocenters. The van der Waals surface area contributed by atoms with E-state index in [1.165, 1.54) is 0 Å². The summed E-state index contributed by atoms with van der Waals surface area (Å²) in [7, 11) is 0. The quantitative estimate of drug-likeness (QED) is 0.931. The van der Waals surface area contributed by atoms with E-state index in [1.54, 1.807) is 16.9 Å². The molecule has 5 heteroatoms. The average molecular weight is 278 g/mol. The fraction of sp³-hybridized carbons (Fsp3) is 0.286. The summed E-state index contributed by atoms with van der Waals surface area (Å²) in [6.45, 7) is 3.87. The minimum atomic E-state index is -0.0339. The van der Waals surface area contributed by atoms with Crippen LogP contribution in [-0.2, 0) is 4.79 Å². The van der Waals surface area contributed by atoms with Gasteiger partial charge in [0.2, 0.25) is 5.91 Å². The van der Waals surface area contributed by atoms with E-state index >= 15 is 0 Å². The van der Waals surface area contributed by atoms with Gasteiger partial charge in [-0.05, 0) is 43.7 Å². The first-order chi connectivity index (χ1) is 9.06. The van der Waals surface area contributed by atoms with Crippen LogP contribution in [0.5, 0.6) is 0 Å². The second-order valence-corrected chi connectivity index (χ2v) is 4.98. The molecule has 0 aliphatic rings. The Bertz CT molecular complexity index is 566. The molecule has 2 rings (SSSR count). The van der Waals surface area contributed by atoms with Crippen molar-refractivity contribution in [3.63, 3.8) is 0 Å². The van der Waals surface area contributed by atoms with Gasteiger partial charge in [0.25, 0.3) is 0 Å². The van der Waals surface area contributed by atoms with E-state index in [-0.39, 0.29) is 11.9 Å². The zero-order valence-corrected chi connectivity index (χ0v) is 11.7. The number of carbonyl (C=O) groups is 1. The molecule has 0 bridgehead atoms. The SMILES string of the molecule is Cc1cc(Cl)ccc1NC(=O)C[C@H](C)n1cccn1. The predicted molar refractivity (Wildman–Crippen MR) is 76.4 cm³/mol. The molecular formula is C14H16ClN3O. The molecule has 0 radical (unpaired) electrons. The van der Waals surface area contributed by atoms with Gasteiger partial charge in [-0.25, -0.2) is 0 Å². The smallest absolute Gasteiger partial charge is 0.226 e. The molecule has 1 atom stereocenters. The summed E-state index contributed by atoms with van der Waals surface area (Å²) in [4.78, 5) is 12.0. The van der Waals surface area contributed by atoms with Gasteiger partial charge in [0, 0.05) is 29.5 Å². The summed E-state index contributed by atoms with van der Waals surface area (Å²) in [5, 5.41) is 7.68. The first-order valence-corrected chi connectivity index (χ1v) is 6.49. The Morgan fingerprint density at radius 3 is 2.95 bits per heavy atom. The number of aryl methyl sites for hydroxylation is 1. The lowest BCUT2D eigenvalue weighted by atomic mass is 10.2. The van der Waals surface area contributed by atoms with Gasteiger partial charge in [0.15, 0.2) is 0 Å². The van der Waals surface area contributed by atoms with E-state index in [1.807, 2.05) is 38.2 Å². The summed E-state index contributed by atoms with van der Waals surface area (Å²) in [6.07, 6.45) is 3.94. The van der Waals surface area contributed by atoms with Crippen LogP contribution in [0, 0.1) is 6.92 Å². The van der Waals surface area contributed by atoms with Crippen molar-refractivity contribution < 1.29 is 4.79 Å². The first kappa shape index (κ1) is 13.6. The van der Waals surface area contributed by atoms with Crippen molar-refractivity contribution in [2.45, 2.75) is 26.3 Å². The molecule has 0 saturated heterocycles. The third-order valence-corrected chi connectivity index (χ3v) is 3.15. The normalized spacial score (nSPS) is 12.2. The van der Waals surface area contributed by atoms with Crippen LogP contribution in [0.4, 0.5) is 5.69 Å². The molecular weight excluding hydrogens is 262 g/mol. The zero-order valence-electron chi connectivity index (χ0n) is 10.9. The number of aromatic nitrogens is 2. The number of hydrogen-bond acceptors (Lipinski definition) is 2. The number of nitrogens with zero attached hydrogens (tertiary/aromatic N) is 2. The monoisotopic (exact) mass is 277 g/mol. The van der Waals surface area contributed by atoms with E-state index in [0.29, 0.717) is 11.4 Å². The van der Waals surface area contributed by atoms with Crippen molar-refractivity contribution in [2.24, 2.45) is 0 Å². The summed E-state index contributed by atoms with van der Waals surface area (Å²) in [5.74, 6) is -0.0339. The molecule has 2 aromatic rings. The van der Waals surface area contributed by atoms with E-state index in [0.717, 1.165) is 11.3 Å². The summed E-state index contributed by atoms with van der Waals surface area (Å²) < 4.78 is 1.77. The molecule has 1 amide bonds. The number of nitrogens with one attached hydrogen (secondary N) is 1. The number of rotatable bonds is 4. The summed E-state index contributed by atoms with van der Waals surface area (Å²) in [5.41, 5.74) is 1.75. The highest BCUT2D eigenvalue weighted by Crippen LogP contribution is 2.20. The predicted octanol–water partition coefficient (Wildman–Crippen LogP) is 3.43. The molecule has 1 aromatic heterocycles. The molecule has 4 nitrogen and oxygen atoms in total. The maximum atomic E-state index is 12.0. The van der Waals surface area contributed by atoms with Gasteiger partial charge in [-0.3, -0.25) is 9.48 Å². The Hall–Kier alpha value is -1.81. The second kappa shape index (κ2) is 5.89. The van der Waals surface area contributed by atoms with Gasteiger partial charge in [-0.1, -0.05) is 11.6 Å². The van der Waals surface area contributed by atoms with E-state index in [9.17, 15) is 4.79 Å². The molecule has 1 heterocycles. The first-order valence-electron chi connectivity index (χ1n) is 6.11. The lowest BCUT2D eigenvalue weighted by molar-refractivity contribution is -0.116. The number of hydrogen-bond donors (Lipinski definition) is 1. The zero-order chi connectivity index (χ0) is 13.8. The topological polar surface area (TPSA) is 46.9 Å². The largest absolute Gasteiger partial charge is 0.326 e. The molecule has 0 saturated carbocycles. The van der Waals surface area contributed by atoms with Crippen LogP contribution in [0.15, 0.2) is 36.7 Å². The highest BCUT2D eigenvalue weighted by molar-refractivity contribution is 6.30. The maximum absolute atomic E-state index is 12.0. The summed E-state index contributed by atoms with van der Waals surface area (Å²) >= 11 is 5.88. The van der Waals surface area contributed by atoms with Crippen molar-refractivity contribution >= 4 is 23.2 Å². The van der Waals surface area contributed by atoms with Crippen LogP contribution in [0.3, 0.4) is 0 Å². The Balaban J connectivity index is 1.98. The van der Waals surface area contributed by atoms with Crippen LogP contribution >= 0.6 is 11.6 Å². The van der Waals surface area contributed by atoms with E-state index in [4.69, 9.17) is 11.6 Å². The Kier molecular flexibility index (Phi) is 4.22. The molecule has 100 valence electrons. The minimum Gasteiger partial charge on any atom is -0.326 e. The third kappa shape index (κ3) is 3.58. The third-order valence-electron chi connectivity index (χ3n) is 2.92. The number of amides is 1. The fourth-order valence-corrected chi connectivity index (χ4v) is 2.10. The van der Waals surface area contributed by atoms with Crippen molar-refractivity contribution in [2.75, 3.05) is 5.32 Å². The number of benzene rings is 1. The van der Waals surface area contributed by atoms with E-state index in [2.05, 4.69) is 10.4 Å². The summed E-state index contributed by atoms with van der Waals surface area (Å²) in [6, 6.07) is 7.28. The fourth-order valence-electron chi connectivity index (χ4n) is 1.87. The van der Waals surface area contributed by atoms with Crippen LogP contribution in [0.1, 0.15) is 24.9 Å². The van der Waals surface area contributed by atoms with Crippen molar-refractivity contribution in [1.82, 2.24) is 9.78 Å². The Labute approximate surface area is 117 Å². The molecule has 0 spiro atoms. The molecule has 19 heavy (non-hydrogen) atoms. The van der Waals surface area contributed by atoms with Crippen LogP contribution in [-0.4, -0.2) is 15.7 Å². The molecule has 1 aromatic carbocycles. The van der Waals surface area contributed by atoms with Gasteiger partial charge in [-0.15, -0.1) is 0 Å². The Morgan fingerprint density at radius 2 is 2.32 bits per heavy atom. The van der Waals surface area contributed by atoms with Crippen molar-refractivity contribution in [3.8, 4) is 0 Å². The molecule has 0 aliphatic carbocycles. The lowest BCUT2D eigenvalue weighted by Gasteiger charge is -2.13. The van der Waals surface area contributed by atoms with Crippen molar-refractivity contribution in [1.29, 1.82) is 0 Å². The minimum absolute atomic E-state index is 0.0302. The average Bonchev–Trinajstić information content (AvgIpc) is 2.86. The number of halogens is 1. The highest BCUT2D eigenvalue weighted by atomic mass is 35.5. The lowest BCUT2D eigenvalue weighted by Crippen LogP contribution is -2.18. The van der Waals surface area contributed by atoms with E-state index < -0.39 is 0 Å². The molecule has 1 N–H and O–H groups in total. The Morgan fingerprint density at radius 1 is 1.53 bits per heavy atom. The van der Waals surface area contributed by atoms with Crippen LogP contribution in [0.2, 0.25) is 5.02 Å². The van der Waals surface area contributed by atoms with Gasteiger partial charge in [-0.2, -0.15) is 5.10 Å². The van der Waals surface area contributed by atoms with Crippen LogP contribution < -0.4 is 5.32 Å².